The molecule has 2 saturated carbocycles. The summed E-state index contributed by atoms with van der Waals surface area (Å²) in [6, 6.07) is 0. The summed E-state index contributed by atoms with van der Waals surface area (Å²) in [7, 11) is 0. The lowest BCUT2D eigenvalue weighted by Crippen LogP contribution is -2.41. The molecule has 2 aliphatic rings. The minimum absolute atomic E-state index is 0.262. The maximum atomic E-state index is 5.89. The van der Waals surface area contributed by atoms with Crippen molar-refractivity contribution in [1.82, 2.24) is 4.98 Å². The molecule has 2 fully saturated rings. The summed E-state index contributed by atoms with van der Waals surface area (Å²) in [5, 5.41) is 3.59. The average molecular weight is 222 g/mol. The molecule has 0 unspecified atom stereocenters. The van der Waals surface area contributed by atoms with Crippen molar-refractivity contribution in [1.29, 1.82) is 0 Å². The molecule has 15 heavy (non-hydrogen) atoms. The quantitative estimate of drug-likeness (QED) is 0.850. The second-order valence-electron chi connectivity index (χ2n) is 5.11. The molecule has 0 atom stereocenters. The zero-order valence-corrected chi connectivity index (χ0v) is 9.85. The van der Waals surface area contributed by atoms with Crippen LogP contribution in [0.5, 0.6) is 0 Å². The first-order valence-corrected chi connectivity index (χ1v) is 6.85. The van der Waals surface area contributed by atoms with E-state index in [4.69, 9.17) is 10.7 Å². The third-order valence-corrected chi connectivity index (χ3v) is 4.83. The fourth-order valence-corrected chi connectivity index (χ4v) is 3.42. The van der Waals surface area contributed by atoms with Crippen molar-refractivity contribution >= 4 is 11.3 Å². The standard InChI is InChI=1S/C12H18N2S/c13-8-12(4-1-5-12)10-7-15-11(14-10)6-9-2-3-9/h7,9H,1-6,8,13H2. The number of hydrogen-bond acceptors (Lipinski definition) is 3. The predicted molar refractivity (Wildman–Crippen MR) is 63.1 cm³/mol. The largest absolute Gasteiger partial charge is 0.330 e. The van der Waals surface area contributed by atoms with Gasteiger partial charge in [-0.3, -0.25) is 0 Å². The van der Waals surface area contributed by atoms with Crippen LogP contribution in [0.2, 0.25) is 0 Å². The van der Waals surface area contributed by atoms with Gasteiger partial charge in [-0.1, -0.05) is 6.42 Å². The second kappa shape index (κ2) is 3.56. The van der Waals surface area contributed by atoms with Crippen LogP contribution in [-0.4, -0.2) is 11.5 Å². The molecule has 0 amide bonds. The first-order chi connectivity index (χ1) is 7.32. The van der Waals surface area contributed by atoms with Crippen LogP contribution in [0.3, 0.4) is 0 Å². The third kappa shape index (κ3) is 1.72. The summed E-state index contributed by atoms with van der Waals surface area (Å²) in [4.78, 5) is 4.79. The van der Waals surface area contributed by atoms with E-state index >= 15 is 0 Å². The lowest BCUT2D eigenvalue weighted by Gasteiger charge is -2.39. The number of hydrogen-bond donors (Lipinski definition) is 1. The molecule has 2 nitrogen and oxygen atoms in total. The van der Waals surface area contributed by atoms with Gasteiger partial charge in [0.15, 0.2) is 0 Å². The highest BCUT2D eigenvalue weighted by molar-refractivity contribution is 7.09. The Labute approximate surface area is 94.9 Å². The van der Waals surface area contributed by atoms with Gasteiger partial charge in [0.05, 0.1) is 10.7 Å². The van der Waals surface area contributed by atoms with Crippen LogP contribution >= 0.6 is 11.3 Å². The van der Waals surface area contributed by atoms with E-state index in [0.717, 1.165) is 12.5 Å². The SMILES string of the molecule is NCC1(c2csc(CC3CC3)n2)CCC1. The first kappa shape index (κ1) is 9.79. The summed E-state index contributed by atoms with van der Waals surface area (Å²) >= 11 is 1.84. The van der Waals surface area contributed by atoms with Gasteiger partial charge in [-0.25, -0.2) is 4.98 Å². The van der Waals surface area contributed by atoms with Gasteiger partial charge >= 0.3 is 0 Å². The Morgan fingerprint density at radius 1 is 1.47 bits per heavy atom. The number of nitrogens with zero attached hydrogens (tertiary/aromatic N) is 1. The molecule has 1 aromatic rings. The maximum Gasteiger partial charge on any atom is 0.0931 e. The highest BCUT2D eigenvalue weighted by atomic mass is 32.1. The highest BCUT2D eigenvalue weighted by Crippen LogP contribution is 2.43. The van der Waals surface area contributed by atoms with Crippen LogP contribution in [0.4, 0.5) is 0 Å². The molecule has 1 aromatic heterocycles. The summed E-state index contributed by atoms with van der Waals surface area (Å²) in [6.07, 6.45) is 7.86. The van der Waals surface area contributed by atoms with Crippen LogP contribution in [-0.2, 0) is 11.8 Å². The molecular weight excluding hydrogens is 204 g/mol. The Hall–Kier alpha value is -0.410. The monoisotopic (exact) mass is 222 g/mol. The number of rotatable bonds is 4. The van der Waals surface area contributed by atoms with Gasteiger partial charge in [-0.05, 0) is 31.6 Å². The van der Waals surface area contributed by atoms with Crippen LogP contribution < -0.4 is 5.73 Å². The number of nitrogens with two attached hydrogens (primary N) is 1. The second-order valence-corrected chi connectivity index (χ2v) is 6.05. The smallest absolute Gasteiger partial charge is 0.0931 e. The Morgan fingerprint density at radius 3 is 2.80 bits per heavy atom. The normalized spacial score (nSPS) is 23.8. The van der Waals surface area contributed by atoms with Crippen molar-refractivity contribution in [2.45, 2.75) is 43.9 Å². The van der Waals surface area contributed by atoms with Crippen molar-refractivity contribution in [3.05, 3.63) is 16.1 Å². The molecule has 0 saturated heterocycles. The zero-order chi connectivity index (χ0) is 10.3. The molecule has 3 rings (SSSR count). The van der Waals surface area contributed by atoms with Crippen molar-refractivity contribution in [2.75, 3.05) is 6.54 Å². The lowest BCUT2D eigenvalue weighted by atomic mass is 9.67. The van der Waals surface area contributed by atoms with E-state index in [0.29, 0.717) is 0 Å². The number of aromatic nitrogens is 1. The summed E-state index contributed by atoms with van der Waals surface area (Å²) < 4.78 is 0. The van der Waals surface area contributed by atoms with Crippen molar-refractivity contribution in [2.24, 2.45) is 11.7 Å². The molecule has 82 valence electrons. The van der Waals surface area contributed by atoms with E-state index in [9.17, 15) is 0 Å². The topological polar surface area (TPSA) is 38.9 Å². The summed E-state index contributed by atoms with van der Waals surface area (Å²) in [6.45, 7) is 0.777. The molecular formula is C12H18N2S. The molecule has 2 N–H and O–H groups in total. The zero-order valence-electron chi connectivity index (χ0n) is 9.04. The molecule has 2 aliphatic carbocycles. The van der Waals surface area contributed by atoms with Crippen LogP contribution in [0.1, 0.15) is 42.8 Å². The fraction of sp³-hybridized carbons (Fsp3) is 0.750. The molecule has 0 spiro atoms. The van der Waals surface area contributed by atoms with Crippen molar-refractivity contribution < 1.29 is 0 Å². The predicted octanol–water partition coefficient (Wildman–Crippen LogP) is 2.48. The van der Waals surface area contributed by atoms with Crippen molar-refractivity contribution in [3.8, 4) is 0 Å². The maximum absolute atomic E-state index is 5.89. The van der Waals surface area contributed by atoms with Gasteiger partial charge in [0.1, 0.15) is 0 Å². The minimum Gasteiger partial charge on any atom is -0.330 e. The van der Waals surface area contributed by atoms with E-state index in [-0.39, 0.29) is 5.41 Å². The van der Waals surface area contributed by atoms with E-state index in [2.05, 4.69) is 5.38 Å². The van der Waals surface area contributed by atoms with Gasteiger partial charge in [0, 0.05) is 23.8 Å². The summed E-state index contributed by atoms with van der Waals surface area (Å²) in [5.74, 6) is 0.944. The van der Waals surface area contributed by atoms with Gasteiger partial charge in [-0.2, -0.15) is 0 Å². The van der Waals surface area contributed by atoms with Crippen LogP contribution in [0.15, 0.2) is 5.38 Å². The highest BCUT2D eigenvalue weighted by Gasteiger charge is 2.39. The van der Waals surface area contributed by atoms with Gasteiger partial charge in [-0.15, -0.1) is 11.3 Å². The fourth-order valence-electron chi connectivity index (χ4n) is 2.39. The molecule has 0 aromatic carbocycles. The van der Waals surface area contributed by atoms with E-state index < -0.39 is 0 Å². The Morgan fingerprint density at radius 2 is 2.27 bits per heavy atom. The van der Waals surface area contributed by atoms with Gasteiger partial charge in [0.25, 0.3) is 0 Å². The van der Waals surface area contributed by atoms with Gasteiger partial charge in [0.2, 0.25) is 0 Å². The first-order valence-electron chi connectivity index (χ1n) is 5.97. The van der Waals surface area contributed by atoms with E-state index in [1.807, 2.05) is 11.3 Å². The minimum atomic E-state index is 0.262. The van der Waals surface area contributed by atoms with Crippen molar-refractivity contribution in [3.63, 3.8) is 0 Å². The molecule has 0 aliphatic heterocycles. The molecule has 0 bridgehead atoms. The third-order valence-electron chi connectivity index (χ3n) is 3.96. The van der Waals surface area contributed by atoms with E-state index in [1.165, 1.54) is 49.2 Å². The van der Waals surface area contributed by atoms with Crippen LogP contribution in [0.25, 0.3) is 0 Å². The molecule has 3 heteroatoms. The summed E-state index contributed by atoms with van der Waals surface area (Å²) in [5.41, 5.74) is 7.44. The Balaban J connectivity index is 1.76. The lowest BCUT2D eigenvalue weighted by molar-refractivity contribution is 0.246. The Kier molecular flexibility index (Phi) is 2.33. The van der Waals surface area contributed by atoms with E-state index in [1.54, 1.807) is 0 Å². The molecule has 0 radical (unpaired) electrons. The Bertz CT molecular complexity index is 345. The van der Waals surface area contributed by atoms with Gasteiger partial charge < -0.3 is 5.73 Å². The average Bonchev–Trinajstić information content (AvgIpc) is 2.85. The van der Waals surface area contributed by atoms with Crippen LogP contribution in [0, 0.1) is 5.92 Å². The molecule has 1 heterocycles. The number of thiazole rings is 1.